The molecule has 3 rings (SSSR count). The van der Waals surface area contributed by atoms with E-state index in [1.165, 1.54) is 5.56 Å². The lowest BCUT2D eigenvalue weighted by atomic mass is 10.2. The van der Waals surface area contributed by atoms with Crippen LogP contribution in [0.2, 0.25) is 0 Å². The van der Waals surface area contributed by atoms with Crippen LogP contribution in [0.3, 0.4) is 0 Å². The van der Waals surface area contributed by atoms with Crippen molar-refractivity contribution in [1.29, 1.82) is 0 Å². The van der Waals surface area contributed by atoms with Gasteiger partial charge in [0.05, 0.1) is 12.7 Å². The number of anilines is 1. The van der Waals surface area contributed by atoms with Crippen molar-refractivity contribution in [3.05, 3.63) is 54.1 Å². The third-order valence-corrected chi connectivity index (χ3v) is 4.21. The van der Waals surface area contributed by atoms with Gasteiger partial charge in [-0.25, -0.2) is 0 Å². The smallest absolute Gasteiger partial charge is 0.119 e. The van der Waals surface area contributed by atoms with Crippen molar-refractivity contribution in [3.8, 4) is 11.5 Å². The largest absolute Gasteiger partial charge is 0.494 e. The molecule has 4 heteroatoms. The molecule has 1 fully saturated rings. The van der Waals surface area contributed by atoms with E-state index in [1.54, 1.807) is 0 Å². The molecule has 0 aromatic heterocycles. The molecular formula is C21H27NO3. The van der Waals surface area contributed by atoms with Gasteiger partial charge in [-0.3, -0.25) is 0 Å². The summed E-state index contributed by atoms with van der Waals surface area (Å²) in [5.41, 5.74) is 2.30. The number of hydrogen-bond acceptors (Lipinski definition) is 4. The monoisotopic (exact) mass is 341 g/mol. The summed E-state index contributed by atoms with van der Waals surface area (Å²) < 4.78 is 17.0. The molecular weight excluding hydrogens is 314 g/mol. The van der Waals surface area contributed by atoms with E-state index in [0.29, 0.717) is 6.61 Å². The summed E-state index contributed by atoms with van der Waals surface area (Å²) in [5, 5.41) is 3.42. The van der Waals surface area contributed by atoms with Crippen molar-refractivity contribution in [1.82, 2.24) is 0 Å². The van der Waals surface area contributed by atoms with E-state index in [4.69, 9.17) is 14.2 Å². The summed E-state index contributed by atoms with van der Waals surface area (Å²) in [7, 11) is 0. The Balaban J connectivity index is 1.43. The average Bonchev–Trinajstić information content (AvgIpc) is 3.18. The summed E-state index contributed by atoms with van der Waals surface area (Å²) in [6.45, 7) is 5.15. The molecule has 1 atom stereocenters. The molecule has 0 spiro atoms. The highest BCUT2D eigenvalue weighted by Crippen LogP contribution is 2.19. The van der Waals surface area contributed by atoms with Crippen LogP contribution in [0.15, 0.2) is 48.5 Å². The number of rotatable bonds is 9. The summed E-state index contributed by atoms with van der Waals surface area (Å²) >= 11 is 0. The van der Waals surface area contributed by atoms with E-state index in [9.17, 15) is 0 Å². The van der Waals surface area contributed by atoms with Crippen molar-refractivity contribution < 1.29 is 14.2 Å². The minimum atomic E-state index is 0.255. The van der Waals surface area contributed by atoms with Gasteiger partial charge in [0.25, 0.3) is 0 Å². The van der Waals surface area contributed by atoms with Crippen molar-refractivity contribution in [2.24, 2.45) is 0 Å². The Morgan fingerprint density at radius 2 is 1.72 bits per heavy atom. The van der Waals surface area contributed by atoms with E-state index in [1.807, 2.05) is 36.4 Å². The van der Waals surface area contributed by atoms with Gasteiger partial charge in [0.2, 0.25) is 0 Å². The second-order valence-corrected chi connectivity index (χ2v) is 6.32. The van der Waals surface area contributed by atoms with Crippen molar-refractivity contribution in [2.75, 3.05) is 25.1 Å². The van der Waals surface area contributed by atoms with Crippen LogP contribution in [0.1, 0.15) is 31.7 Å². The van der Waals surface area contributed by atoms with Crippen LogP contribution < -0.4 is 14.8 Å². The molecule has 1 aliphatic heterocycles. The molecule has 2 aromatic rings. The molecule has 0 saturated carbocycles. The first-order valence-corrected chi connectivity index (χ1v) is 9.13. The highest BCUT2D eigenvalue weighted by Gasteiger charge is 2.15. The first-order valence-electron chi connectivity index (χ1n) is 9.13. The van der Waals surface area contributed by atoms with Gasteiger partial charge in [-0.15, -0.1) is 0 Å². The summed E-state index contributed by atoms with van der Waals surface area (Å²) in [5.74, 6) is 1.82. The molecule has 0 amide bonds. The van der Waals surface area contributed by atoms with Gasteiger partial charge >= 0.3 is 0 Å². The maximum atomic E-state index is 5.79. The number of benzene rings is 2. The SMILES string of the molecule is CCCOc1ccc(NCc2ccc(OCC3CCCO3)cc2)cc1. The Labute approximate surface area is 150 Å². The van der Waals surface area contributed by atoms with Gasteiger partial charge in [-0.2, -0.15) is 0 Å². The van der Waals surface area contributed by atoms with Crippen LogP contribution in [0.25, 0.3) is 0 Å². The highest BCUT2D eigenvalue weighted by atomic mass is 16.5. The van der Waals surface area contributed by atoms with Gasteiger partial charge in [0.1, 0.15) is 18.1 Å². The predicted molar refractivity (Wildman–Crippen MR) is 100 cm³/mol. The molecule has 1 unspecified atom stereocenters. The average molecular weight is 341 g/mol. The van der Waals surface area contributed by atoms with Crippen molar-refractivity contribution >= 4 is 5.69 Å². The summed E-state index contributed by atoms with van der Waals surface area (Å²) in [6.07, 6.45) is 3.52. The first-order chi connectivity index (χ1) is 12.3. The lowest BCUT2D eigenvalue weighted by Crippen LogP contribution is -2.16. The van der Waals surface area contributed by atoms with Crippen LogP contribution in [0, 0.1) is 0 Å². The Kier molecular flexibility index (Phi) is 6.57. The van der Waals surface area contributed by atoms with Crippen LogP contribution >= 0.6 is 0 Å². The summed E-state index contributed by atoms with van der Waals surface area (Å²) in [4.78, 5) is 0. The molecule has 25 heavy (non-hydrogen) atoms. The fraction of sp³-hybridized carbons (Fsp3) is 0.429. The summed E-state index contributed by atoms with van der Waals surface area (Å²) in [6, 6.07) is 16.3. The van der Waals surface area contributed by atoms with Crippen molar-refractivity contribution in [2.45, 2.75) is 38.8 Å². The Hall–Kier alpha value is -2.20. The van der Waals surface area contributed by atoms with Crippen LogP contribution in [0.5, 0.6) is 11.5 Å². The maximum absolute atomic E-state index is 5.79. The number of ether oxygens (including phenoxy) is 3. The van der Waals surface area contributed by atoms with Crippen LogP contribution in [0.4, 0.5) is 5.69 Å². The molecule has 2 aromatic carbocycles. The predicted octanol–water partition coefficient (Wildman–Crippen LogP) is 4.65. The third kappa shape index (κ3) is 5.68. The van der Waals surface area contributed by atoms with E-state index in [2.05, 4.69) is 24.4 Å². The second-order valence-electron chi connectivity index (χ2n) is 6.32. The van der Waals surface area contributed by atoms with Gasteiger partial charge < -0.3 is 19.5 Å². The molecule has 1 heterocycles. The molecule has 0 radical (unpaired) electrons. The lowest BCUT2D eigenvalue weighted by molar-refractivity contribution is 0.0679. The highest BCUT2D eigenvalue weighted by molar-refractivity contribution is 5.47. The van der Waals surface area contributed by atoms with Gasteiger partial charge in [0, 0.05) is 18.8 Å². The minimum Gasteiger partial charge on any atom is -0.494 e. The van der Waals surface area contributed by atoms with Gasteiger partial charge in [-0.1, -0.05) is 19.1 Å². The van der Waals surface area contributed by atoms with Gasteiger partial charge in [0.15, 0.2) is 0 Å². The fourth-order valence-corrected chi connectivity index (χ4v) is 2.76. The van der Waals surface area contributed by atoms with E-state index >= 15 is 0 Å². The quantitative estimate of drug-likeness (QED) is 0.721. The zero-order valence-electron chi connectivity index (χ0n) is 14.9. The maximum Gasteiger partial charge on any atom is 0.119 e. The molecule has 0 bridgehead atoms. The molecule has 1 saturated heterocycles. The Morgan fingerprint density at radius 1 is 1.00 bits per heavy atom. The zero-order chi connectivity index (χ0) is 17.3. The number of nitrogens with one attached hydrogen (secondary N) is 1. The van der Waals surface area contributed by atoms with Crippen LogP contribution in [-0.2, 0) is 11.3 Å². The van der Waals surface area contributed by atoms with Crippen molar-refractivity contribution in [3.63, 3.8) is 0 Å². The number of hydrogen-bond donors (Lipinski definition) is 1. The third-order valence-electron chi connectivity index (χ3n) is 4.21. The molecule has 0 aliphatic carbocycles. The zero-order valence-corrected chi connectivity index (χ0v) is 14.9. The van der Waals surface area contributed by atoms with Crippen LogP contribution in [-0.4, -0.2) is 25.9 Å². The fourth-order valence-electron chi connectivity index (χ4n) is 2.76. The topological polar surface area (TPSA) is 39.7 Å². The second kappa shape index (κ2) is 9.33. The standard InChI is InChI=1S/C21H27NO3/c1-2-13-23-19-11-7-18(8-12-19)22-15-17-5-9-20(10-6-17)25-16-21-4-3-14-24-21/h5-12,21-22H,2-4,13-16H2,1H3. The molecule has 1 aliphatic rings. The molecule has 1 N–H and O–H groups in total. The normalized spacial score (nSPS) is 16.6. The van der Waals surface area contributed by atoms with E-state index < -0.39 is 0 Å². The lowest BCUT2D eigenvalue weighted by Gasteiger charge is -2.12. The molecule has 4 nitrogen and oxygen atoms in total. The minimum absolute atomic E-state index is 0.255. The molecule has 134 valence electrons. The van der Waals surface area contributed by atoms with E-state index in [-0.39, 0.29) is 6.10 Å². The Bertz CT molecular complexity index is 619. The Morgan fingerprint density at radius 3 is 2.40 bits per heavy atom. The van der Waals surface area contributed by atoms with E-state index in [0.717, 1.165) is 56.2 Å². The first kappa shape index (κ1) is 17.6. The van der Waals surface area contributed by atoms with Gasteiger partial charge in [-0.05, 0) is 61.2 Å².